The highest BCUT2D eigenvalue weighted by Gasteiger charge is 2.13. The predicted molar refractivity (Wildman–Crippen MR) is 77.5 cm³/mol. The molecule has 2 rings (SSSR count). The van der Waals surface area contributed by atoms with Gasteiger partial charge in [-0.3, -0.25) is 4.79 Å². The number of benzene rings is 1. The molecule has 0 fully saturated rings. The summed E-state index contributed by atoms with van der Waals surface area (Å²) in [4.78, 5) is 12.0. The molecule has 0 aliphatic carbocycles. The summed E-state index contributed by atoms with van der Waals surface area (Å²) in [5.74, 6) is -0.269. The maximum absolute atomic E-state index is 12.0. The van der Waals surface area contributed by atoms with E-state index in [1.54, 1.807) is 12.1 Å². The van der Waals surface area contributed by atoms with Crippen LogP contribution in [0.5, 0.6) is 0 Å². The van der Waals surface area contributed by atoms with Gasteiger partial charge in [0.15, 0.2) is 12.4 Å². The number of hydrogen-bond donors (Lipinski definition) is 1. The lowest BCUT2D eigenvalue weighted by atomic mass is 10.1. The van der Waals surface area contributed by atoms with Gasteiger partial charge in [-0.1, -0.05) is 29.8 Å². The van der Waals surface area contributed by atoms with Crippen molar-refractivity contribution in [3.05, 3.63) is 70.1 Å². The van der Waals surface area contributed by atoms with E-state index in [0.717, 1.165) is 5.56 Å². The molecule has 4 nitrogen and oxygen atoms in total. The molecule has 1 aromatic heterocycles. The standard InChI is InChI=1S/C15H15ClN2O2/c1-11(9-12-5-2-3-7-14(12)16)17-15(19)13-6-4-8-18(20)10-13/h2-8,10-11H,9H2,1H3,(H,17,19)/t11-/m1/s1. The van der Waals surface area contributed by atoms with Crippen molar-refractivity contribution in [1.82, 2.24) is 5.32 Å². The lowest BCUT2D eigenvalue weighted by Gasteiger charge is -2.14. The van der Waals surface area contributed by atoms with E-state index in [2.05, 4.69) is 5.32 Å². The van der Waals surface area contributed by atoms with Crippen LogP contribution in [-0.2, 0) is 6.42 Å². The summed E-state index contributed by atoms with van der Waals surface area (Å²) in [6.45, 7) is 1.90. The van der Waals surface area contributed by atoms with Gasteiger partial charge in [0.25, 0.3) is 5.91 Å². The first kappa shape index (κ1) is 14.3. The Hall–Kier alpha value is -2.07. The third kappa shape index (κ3) is 3.71. The molecule has 0 aliphatic heterocycles. The normalized spacial score (nSPS) is 11.9. The summed E-state index contributed by atoms with van der Waals surface area (Å²) >= 11 is 6.09. The molecule has 0 aliphatic rings. The third-order valence-electron chi connectivity index (χ3n) is 2.90. The Bertz CT molecular complexity index is 616. The molecule has 1 N–H and O–H groups in total. The van der Waals surface area contributed by atoms with E-state index < -0.39 is 0 Å². The topological polar surface area (TPSA) is 56.0 Å². The Kier molecular flexibility index (Phi) is 4.58. The largest absolute Gasteiger partial charge is 0.619 e. The van der Waals surface area contributed by atoms with E-state index in [4.69, 9.17) is 11.6 Å². The zero-order valence-electron chi connectivity index (χ0n) is 11.0. The molecule has 0 bridgehead atoms. The van der Waals surface area contributed by atoms with Crippen LogP contribution < -0.4 is 10.0 Å². The van der Waals surface area contributed by atoms with Gasteiger partial charge < -0.3 is 10.5 Å². The van der Waals surface area contributed by atoms with Gasteiger partial charge in [-0.05, 0) is 31.0 Å². The molecule has 104 valence electrons. The predicted octanol–water partition coefficient (Wildman–Crippen LogP) is 2.33. The van der Waals surface area contributed by atoms with Gasteiger partial charge >= 0.3 is 0 Å². The van der Waals surface area contributed by atoms with E-state index >= 15 is 0 Å². The van der Waals surface area contributed by atoms with Crippen molar-refractivity contribution < 1.29 is 9.52 Å². The number of nitrogens with zero attached hydrogens (tertiary/aromatic N) is 1. The first-order valence-electron chi connectivity index (χ1n) is 6.29. The van der Waals surface area contributed by atoms with Gasteiger partial charge in [-0.15, -0.1) is 0 Å². The van der Waals surface area contributed by atoms with Crippen LogP contribution >= 0.6 is 11.6 Å². The van der Waals surface area contributed by atoms with Crippen LogP contribution in [-0.4, -0.2) is 11.9 Å². The molecular weight excluding hydrogens is 276 g/mol. The number of nitrogens with one attached hydrogen (secondary N) is 1. The SMILES string of the molecule is C[C@H](Cc1ccccc1Cl)NC(=O)c1ccc[n+]([O-])c1. The van der Waals surface area contributed by atoms with E-state index in [1.165, 1.54) is 12.4 Å². The molecule has 0 saturated carbocycles. The van der Waals surface area contributed by atoms with Crippen molar-refractivity contribution in [1.29, 1.82) is 0 Å². The van der Waals surface area contributed by atoms with Crippen LogP contribution in [0.1, 0.15) is 22.8 Å². The number of hydrogen-bond acceptors (Lipinski definition) is 2. The lowest BCUT2D eigenvalue weighted by Crippen LogP contribution is -2.36. The van der Waals surface area contributed by atoms with Crippen LogP contribution in [0.4, 0.5) is 0 Å². The summed E-state index contributed by atoms with van der Waals surface area (Å²) in [6, 6.07) is 10.6. The van der Waals surface area contributed by atoms with Crippen LogP contribution in [0.3, 0.4) is 0 Å². The molecular formula is C15H15ClN2O2. The first-order valence-corrected chi connectivity index (χ1v) is 6.67. The van der Waals surface area contributed by atoms with Crippen molar-refractivity contribution in [2.24, 2.45) is 0 Å². The van der Waals surface area contributed by atoms with Gasteiger partial charge in [0.2, 0.25) is 0 Å². The fourth-order valence-electron chi connectivity index (χ4n) is 1.94. The Morgan fingerprint density at radius 2 is 2.10 bits per heavy atom. The van der Waals surface area contributed by atoms with Crippen molar-refractivity contribution in [2.75, 3.05) is 0 Å². The third-order valence-corrected chi connectivity index (χ3v) is 3.27. The number of amides is 1. The smallest absolute Gasteiger partial charge is 0.257 e. The maximum atomic E-state index is 12.0. The van der Waals surface area contributed by atoms with Crippen molar-refractivity contribution in [3.8, 4) is 0 Å². The average Bonchev–Trinajstić information content (AvgIpc) is 2.41. The molecule has 2 aromatic rings. The van der Waals surface area contributed by atoms with Gasteiger partial charge in [-0.2, -0.15) is 4.73 Å². The molecule has 5 heteroatoms. The molecule has 1 heterocycles. The van der Waals surface area contributed by atoms with Gasteiger partial charge in [-0.25, -0.2) is 0 Å². The van der Waals surface area contributed by atoms with Gasteiger partial charge in [0, 0.05) is 17.1 Å². The zero-order valence-corrected chi connectivity index (χ0v) is 11.8. The number of pyridine rings is 1. The minimum Gasteiger partial charge on any atom is -0.619 e. The molecule has 20 heavy (non-hydrogen) atoms. The fraction of sp³-hybridized carbons (Fsp3) is 0.200. The highest BCUT2D eigenvalue weighted by molar-refractivity contribution is 6.31. The second kappa shape index (κ2) is 6.39. The molecule has 1 aromatic carbocycles. The zero-order chi connectivity index (χ0) is 14.5. The van der Waals surface area contributed by atoms with Crippen molar-refractivity contribution in [3.63, 3.8) is 0 Å². The summed E-state index contributed by atoms with van der Waals surface area (Å²) < 4.78 is 0.605. The highest BCUT2D eigenvalue weighted by atomic mass is 35.5. The quantitative estimate of drug-likeness (QED) is 0.694. The molecule has 0 spiro atoms. The summed E-state index contributed by atoms with van der Waals surface area (Å²) in [6.07, 6.45) is 3.22. The maximum Gasteiger partial charge on any atom is 0.257 e. The summed E-state index contributed by atoms with van der Waals surface area (Å²) in [5, 5.41) is 14.7. The van der Waals surface area contributed by atoms with E-state index in [1.807, 2.05) is 31.2 Å². The van der Waals surface area contributed by atoms with Crippen LogP contribution in [0.15, 0.2) is 48.8 Å². The Morgan fingerprint density at radius 1 is 1.35 bits per heavy atom. The number of rotatable bonds is 4. The van der Waals surface area contributed by atoms with E-state index in [9.17, 15) is 10.0 Å². The molecule has 0 saturated heterocycles. The Labute approximate surface area is 122 Å². The van der Waals surface area contributed by atoms with Crippen LogP contribution in [0.2, 0.25) is 5.02 Å². The minimum absolute atomic E-state index is 0.0808. The number of halogens is 1. The van der Waals surface area contributed by atoms with Gasteiger partial charge in [0.05, 0.1) is 0 Å². The first-order chi connectivity index (χ1) is 9.56. The lowest BCUT2D eigenvalue weighted by molar-refractivity contribution is -0.605. The number of aromatic nitrogens is 1. The molecule has 0 radical (unpaired) electrons. The van der Waals surface area contributed by atoms with Crippen LogP contribution in [0.25, 0.3) is 0 Å². The molecule has 0 unspecified atom stereocenters. The van der Waals surface area contributed by atoms with Crippen molar-refractivity contribution in [2.45, 2.75) is 19.4 Å². The van der Waals surface area contributed by atoms with E-state index in [0.29, 0.717) is 21.7 Å². The van der Waals surface area contributed by atoms with Crippen LogP contribution in [0, 0.1) is 5.21 Å². The van der Waals surface area contributed by atoms with Gasteiger partial charge in [0.1, 0.15) is 5.56 Å². The minimum atomic E-state index is -0.269. The molecule has 1 atom stereocenters. The second-order valence-electron chi connectivity index (χ2n) is 4.62. The number of carbonyl (C=O) groups excluding carboxylic acids is 1. The van der Waals surface area contributed by atoms with E-state index in [-0.39, 0.29) is 11.9 Å². The number of carbonyl (C=O) groups is 1. The molecule has 1 amide bonds. The highest BCUT2D eigenvalue weighted by Crippen LogP contribution is 2.16. The fourth-order valence-corrected chi connectivity index (χ4v) is 2.15. The van der Waals surface area contributed by atoms with Crippen molar-refractivity contribution >= 4 is 17.5 Å². The monoisotopic (exact) mass is 290 g/mol. The Morgan fingerprint density at radius 3 is 2.80 bits per heavy atom. The average molecular weight is 291 g/mol. The second-order valence-corrected chi connectivity index (χ2v) is 5.03. The summed E-state index contributed by atoms with van der Waals surface area (Å²) in [5.41, 5.74) is 1.32. The Balaban J connectivity index is 2.00. The summed E-state index contributed by atoms with van der Waals surface area (Å²) in [7, 11) is 0.